The van der Waals surface area contributed by atoms with Gasteiger partial charge in [-0.05, 0) is 48.5 Å². The molecule has 0 spiro atoms. The summed E-state index contributed by atoms with van der Waals surface area (Å²) in [5, 5.41) is 3.70. The lowest BCUT2D eigenvalue weighted by molar-refractivity contribution is 0.103. The minimum Gasteiger partial charge on any atom is -0.397 e. The fourth-order valence-electron chi connectivity index (χ4n) is 2.88. The van der Waals surface area contributed by atoms with E-state index < -0.39 is 0 Å². The predicted molar refractivity (Wildman–Crippen MR) is 116 cm³/mol. The molecule has 0 saturated carbocycles. The number of nitrogens with zero attached hydrogens (tertiary/aromatic N) is 3. The molecule has 1 amide bonds. The van der Waals surface area contributed by atoms with Crippen LogP contribution in [0.5, 0.6) is 0 Å². The van der Waals surface area contributed by atoms with Crippen LogP contribution in [-0.2, 0) is 0 Å². The summed E-state index contributed by atoms with van der Waals surface area (Å²) in [7, 11) is 3.94. The van der Waals surface area contributed by atoms with Gasteiger partial charge in [-0.25, -0.2) is 4.98 Å². The maximum Gasteiger partial charge on any atom is 0.267 e. The van der Waals surface area contributed by atoms with Crippen LogP contribution in [-0.4, -0.2) is 30.0 Å². The summed E-state index contributed by atoms with van der Waals surface area (Å²) in [6.45, 7) is 0. The number of anilines is 3. The third-order valence-electron chi connectivity index (χ3n) is 4.42. The van der Waals surface area contributed by atoms with Crippen molar-refractivity contribution in [2.75, 3.05) is 30.0 Å². The van der Waals surface area contributed by atoms with Crippen LogP contribution >= 0.6 is 11.3 Å². The summed E-state index contributed by atoms with van der Waals surface area (Å²) in [5.41, 5.74) is 10.3. The van der Waals surface area contributed by atoms with Crippen molar-refractivity contribution in [1.29, 1.82) is 0 Å². The van der Waals surface area contributed by atoms with Crippen LogP contribution in [0.4, 0.5) is 17.1 Å². The molecule has 7 heteroatoms. The maximum atomic E-state index is 12.8. The molecule has 0 aliphatic rings. The van der Waals surface area contributed by atoms with Crippen molar-refractivity contribution >= 4 is 44.5 Å². The highest BCUT2D eigenvalue weighted by atomic mass is 32.1. The molecule has 0 atom stereocenters. The first-order valence-electron chi connectivity index (χ1n) is 8.71. The Bertz CT molecular complexity index is 1140. The van der Waals surface area contributed by atoms with Crippen molar-refractivity contribution in [3.8, 4) is 11.3 Å². The zero-order chi connectivity index (χ0) is 19.7. The van der Waals surface area contributed by atoms with Gasteiger partial charge in [0, 0.05) is 48.8 Å². The van der Waals surface area contributed by atoms with Gasteiger partial charge in [0.05, 0.1) is 11.4 Å². The molecule has 3 N–H and O–H groups in total. The summed E-state index contributed by atoms with van der Waals surface area (Å²) in [6, 6.07) is 15.3. The molecule has 0 aliphatic carbocycles. The quantitative estimate of drug-likeness (QED) is 0.545. The summed E-state index contributed by atoms with van der Waals surface area (Å²) < 4.78 is 0. The highest BCUT2D eigenvalue weighted by Crippen LogP contribution is 2.34. The van der Waals surface area contributed by atoms with Gasteiger partial charge in [-0.1, -0.05) is 0 Å². The molecule has 0 aliphatic heterocycles. The highest BCUT2D eigenvalue weighted by molar-refractivity contribution is 7.21. The van der Waals surface area contributed by atoms with Crippen LogP contribution in [0.25, 0.3) is 21.5 Å². The lowest BCUT2D eigenvalue weighted by Gasteiger charge is -2.12. The summed E-state index contributed by atoms with van der Waals surface area (Å²) in [5.74, 6) is -0.233. The third kappa shape index (κ3) is 3.39. The number of thiophene rings is 1. The van der Waals surface area contributed by atoms with Gasteiger partial charge >= 0.3 is 0 Å². The van der Waals surface area contributed by atoms with Gasteiger partial charge < -0.3 is 16.0 Å². The summed E-state index contributed by atoms with van der Waals surface area (Å²) in [6.07, 6.45) is 3.45. The average molecular weight is 389 g/mol. The predicted octanol–water partition coefficient (Wildman–Crippen LogP) is 4.26. The molecule has 0 fully saturated rings. The molecule has 140 valence electrons. The largest absolute Gasteiger partial charge is 0.397 e. The number of nitrogens with two attached hydrogens (primary N) is 1. The number of pyridine rings is 2. The molecule has 4 rings (SSSR count). The Hall–Kier alpha value is -3.45. The lowest BCUT2D eigenvalue weighted by atomic mass is 10.1. The first kappa shape index (κ1) is 17.9. The molecular weight excluding hydrogens is 370 g/mol. The Morgan fingerprint density at radius 1 is 1.04 bits per heavy atom. The Balaban J connectivity index is 1.62. The number of fused-ring (bicyclic) bond motifs is 1. The van der Waals surface area contributed by atoms with E-state index in [1.165, 1.54) is 11.3 Å². The van der Waals surface area contributed by atoms with E-state index in [0.29, 0.717) is 10.6 Å². The SMILES string of the molecule is CN(C)c1ccc(NC(=O)c2sc3nc(-c4ccncc4)ccc3c2N)cc1. The van der Waals surface area contributed by atoms with Crippen molar-refractivity contribution in [1.82, 2.24) is 9.97 Å². The third-order valence-corrected chi connectivity index (χ3v) is 5.53. The molecule has 0 unspecified atom stereocenters. The van der Waals surface area contributed by atoms with Gasteiger partial charge in [0.2, 0.25) is 0 Å². The van der Waals surface area contributed by atoms with E-state index in [1.807, 2.05) is 67.5 Å². The first-order valence-corrected chi connectivity index (χ1v) is 9.53. The fraction of sp³-hybridized carbons (Fsp3) is 0.0952. The Kier molecular flexibility index (Phi) is 4.67. The number of amides is 1. The van der Waals surface area contributed by atoms with E-state index in [-0.39, 0.29) is 5.91 Å². The summed E-state index contributed by atoms with van der Waals surface area (Å²) in [4.78, 5) is 24.7. The van der Waals surface area contributed by atoms with Crippen molar-refractivity contribution in [3.63, 3.8) is 0 Å². The number of carbonyl (C=O) groups excluding carboxylic acids is 1. The molecule has 3 heterocycles. The molecule has 0 saturated heterocycles. The lowest BCUT2D eigenvalue weighted by Crippen LogP contribution is -2.12. The van der Waals surface area contributed by atoms with Gasteiger partial charge in [0.15, 0.2) is 0 Å². The molecule has 3 aromatic heterocycles. The van der Waals surface area contributed by atoms with Gasteiger partial charge in [-0.2, -0.15) is 0 Å². The Labute approximate surface area is 166 Å². The second kappa shape index (κ2) is 7.28. The molecule has 0 radical (unpaired) electrons. The van der Waals surface area contributed by atoms with Crippen LogP contribution in [0.15, 0.2) is 60.9 Å². The van der Waals surface area contributed by atoms with Crippen LogP contribution < -0.4 is 16.0 Å². The number of aromatic nitrogens is 2. The van der Waals surface area contributed by atoms with Crippen molar-refractivity contribution in [2.24, 2.45) is 0 Å². The van der Waals surface area contributed by atoms with E-state index in [0.717, 1.165) is 32.8 Å². The normalized spacial score (nSPS) is 10.8. The van der Waals surface area contributed by atoms with Gasteiger partial charge in [-0.3, -0.25) is 9.78 Å². The average Bonchev–Trinajstić information content (AvgIpc) is 3.05. The number of nitrogen functional groups attached to an aromatic ring is 1. The van der Waals surface area contributed by atoms with Gasteiger partial charge in [0.1, 0.15) is 9.71 Å². The van der Waals surface area contributed by atoms with Crippen LogP contribution in [0.2, 0.25) is 0 Å². The minimum atomic E-state index is -0.233. The van der Waals surface area contributed by atoms with E-state index in [2.05, 4.69) is 15.3 Å². The second-order valence-electron chi connectivity index (χ2n) is 6.53. The molecule has 0 bridgehead atoms. The maximum absolute atomic E-state index is 12.8. The van der Waals surface area contributed by atoms with Crippen molar-refractivity contribution < 1.29 is 4.79 Å². The standard InChI is InChI=1S/C21H19N5OS/c1-26(2)15-5-3-14(4-6-15)24-20(27)19-18(22)16-7-8-17(25-21(16)28-19)13-9-11-23-12-10-13/h3-12H,22H2,1-2H3,(H,24,27). The Morgan fingerprint density at radius 2 is 1.75 bits per heavy atom. The molecule has 6 nitrogen and oxygen atoms in total. The van der Waals surface area contributed by atoms with Gasteiger partial charge in [0.25, 0.3) is 5.91 Å². The Morgan fingerprint density at radius 3 is 2.43 bits per heavy atom. The van der Waals surface area contributed by atoms with Crippen LogP contribution in [0.3, 0.4) is 0 Å². The highest BCUT2D eigenvalue weighted by Gasteiger charge is 2.18. The number of nitrogens with one attached hydrogen (secondary N) is 1. The smallest absolute Gasteiger partial charge is 0.267 e. The van der Waals surface area contributed by atoms with E-state index in [9.17, 15) is 4.79 Å². The van der Waals surface area contributed by atoms with E-state index >= 15 is 0 Å². The zero-order valence-corrected chi connectivity index (χ0v) is 16.3. The molecule has 28 heavy (non-hydrogen) atoms. The van der Waals surface area contributed by atoms with Gasteiger partial charge in [-0.15, -0.1) is 11.3 Å². The van der Waals surface area contributed by atoms with Crippen molar-refractivity contribution in [2.45, 2.75) is 0 Å². The van der Waals surface area contributed by atoms with Crippen LogP contribution in [0.1, 0.15) is 9.67 Å². The fourth-order valence-corrected chi connectivity index (χ4v) is 3.87. The first-order chi connectivity index (χ1) is 13.5. The minimum absolute atomic E-state index is 0.233. The number of benzene rings is 1. The molecule has 4 aromatic rings. The zero-order valence-electron chi connectivity index (χ0n) is 15.5. The number of carbonyl (C=O) groups is 1. The monoisotopic (exact) mass is 389 g/mol. The number of hydrogen-bond acceptors (Lipinski definition) is 6. The van der Waals surface area contributed by atoms with Crippen LogP contribution in [0, 0.1) is 0 Å². The number of rotatable bonds is 4. The molecular formula is C21H19N5OS. The van der Waals surface area contributed by atoms with E-state index in [1.54, 1.807) is 12.4 Å². The number of hydrogen-bond donors (Lipinski definition) is 2. The second-order valence-corrected chi connectivity index (χ2v) is 7.52. The van der Waals surface area contributed by atoms with Crippen molar-refractivity contribution in [3.05, 3.63) is 65.8 Å². The summed E-state index contributed by atoms with van der Waals surface area (Å²) >= 11 is 1.30. The molecule has 1 aromatic carbocycles. The van der Waals surface area contributed by atoms with E-state index in [4.69, 9.17) is 5.73 Å². The topological polar surface area (TPSA) is 84.1 Å².